The van der Waals surface area contributed by atoms with Crippen LogP contribution in [0.5, 0.6) is 0 Å². The Morgan fingerprint density at radius 3 is 2.87 bits per heavy atom. The first-order chi connectivity index (χ1) is 7.22. The van der Waals surface area contributed by atoms with Crippen molar-refractivity contribution in [2.45, 2.75) is 12.8 Å². The van der Waals surface area contributed by atoms with Crippen LogP contribution in [0.1, 0.15) is 11.3 Å². The van der Waals surface area contributed by atoms with E-state index in [0.717, 1.165) is 5.69 Å². The van der Waals surface area contributed by atoms with E-state index in [-0.39, 0.29) is 5.82 Å². The smallest absolute Gasteiger partial charge is 0.128 e. The van der Waals surface area contributed by atoms with Gasteiger partial charge in [0, 0.05) is 6.20 Å². The maximum atomic E-state index is 13.3. The van der Waals surface area contributed by atoms with E-state index >= 15 is 0 Å². The number of hydrogen-bond acceptors (Lipinski definition) is 1. The molecule has 0 spiro atoms. The van der Waals surface area contributed by atoms with Crippen molar-refractivity contribution in [1.82, 2.24) is 9.78 Å². The average Bonchev–Trinajstić information content (AvgIpc) is 2.70. The zero-order chi connectivity index (χ0) is 10.8. The summed E-state index contributed by atoms with van der Waals surface area (Å²) in [5.41, 5.74) is 2.16. The molecule has 1 heterocycles. The molecular formula is C11H10ClFN2. The first kappa shape index (κ1) is 10.2. The number of aromatic nitrogens is 2. The lowest BCUT2D eigenvalue weighted by atomic mass is 10.2. The molecule has 2 aromatic rings. The Labute approximate surface area is 92.3 Å². The lowest BCUT2D eigenvalue weighted by Gasteiger charge is -2.06. The minimum atomic E-state index is -0.233. The van der Waals surface area contributed by atoms with Gasteiger partial charge in [0.15, 0.2) is 0 Å². The van der Waals surface area contributed by atoms with Crippen LogP contribution in [0.2, 0.25) is 0 Å². The summed E-state index contributed by atoms with van der Waals surface area (Å²) in [5.74, 6) is 0.124. The van der Waals surface area contributed by atoms with Crippen LogP contribution >= 0.6 is 11.6 Å². The number of halogens is 2. The summed E-state index contributed by atoms with van der Waals surface area (Å²) in [6.45, 7) is 1.73. The average molecular weight is 225 g/mol. The number of rotatable bonds is 2. The van der Waals surface area contributed by atoms with Crippen molar-refractivity contribution in [2.75, 3.05) is 0 Å². The molecular weight excluding hydrogens is 215 g/mol. The Morgan fingerprint density at radius 1 is 1.40 bits per heavy atom. The normalized spacial score (nSPS) is 10.6. The molecule has 1 aromatic heterocycles. The molecule has 2 nitrogen and oxygen atoms in total. The molecule has 78 valence electrons. The van der Waals surface area contributed by atoms with E-state index in [9.17, 15) is 4.39 Å². The van der Waals surface area contributed by atoms with Gasteiger partial charge in [0.2, 0.25) is 0 Å². The topological polar surface area (TPSA) is 17.8 Å². The highest BCUT2D eigenvalue weighted by atomic mass is 35.5. The zero-order valence-electron chi connectivity index (χ0n) is 8.24. The standard InChI is InChI=1S/C11H10ClFN2/c1-8-2-3-9(6-11(8)13)15-10(7-12)4-5-14-15/h2-6H,7H2,1H3. The molecule has 15 heavy (non-hydrogen) atoms. The Morgan fingerprint density at radius 2 is 2.20 bits per heavy atom. The van der Waals surface area contributed by atoms with E-state index < -0.39 is 0 Å². The fourth-order valence-corrected chi connectivity index (χ4v) is 1.58. The number of alkyl halides is 1. The van der Waals surface area contributed by atoms with Crippen LogP contribution in [0.3, 0.4) is 0 Å². The van der Waals surface area contributed by atoms with E-state index in [1.165, 1.54) is 6.07 Å². The molecule has 0 N–H and O–H groups in total. The summed E-state index contributed by atoms with van der Waals surface area (Å²) >= 11 is 5.74. The Bertz CT molecular complexity index is 479. The number of hydrogen-bond donors (Lipinski definition) is 0. The summed E-state index contributed by atoms with van der Waals surface area (Å²) < 4.78 is 15.0. The van der Waals surface area contributed by atoms with Gasteiger partial charge < -0.3 is 0 Å². The zero-order valence-corrected chi connectivity index (χ0v) is 9.00. The van der Waals surface area contributed by atoms with Gasteiger partial charge in [0.05, 0.1) is 17.3 Å². The first-order valence-corrected chi connectivity index (χ1v) is 5.11. The Hall–Kier alpha value is -1.35. The fraction of sp³-hybridized carbons (Fsp3) is 0.182. The van der Waals surface area contributed by atoms with E-state index in [1.54, 1.807) is 23.9 Å². The lowest BCUT2D eigenvalue weighted by Crippen LogP contribution is -2.01. The van der Waals surface area contributed by atoms with Gasteiger partial charge in [0.25, 0.3) is 0 Å². The molecule has 0 aliphatic rings. The Balaban J connectivity index is 2.50. The van der Waals surface area contributed by atoms with Gasteiger partial charge in [-0.2, -0.15) is 5.10 Å². The fourth-order valence-electron chi connectivity index (χ4n) is 1.38. The quantitative estimate of drug-likeness (QED) is 0.717. The summed E-state index contributed by atoms with van der Waals surface area (Å²) in [6.07, 6.45) is 1.65. The monoisotopic (exact) mass is 224 g/mol. The van der Waals surface area contributed by atoms with E-state index in [4.69, 9.17) is 11.6 Å². The molecule has 0 radical (unpaired) electrons. The van der Waals surface area contributed by atoms with Gasteiger partial charge in [-0.15, -0.1) is 11.6 Å². The van der Waals surface area contributed by atoms with Crippen LogP contribution in [-0.4, -0.2) is 9.78 Å². The van der Waals surface area contributed by atoms with Crippen molar-refractivity contribution >= 4 is 11.6 Å². The van der Waals surface area contributed by atoms with Gasteiger partial charge >= 0.3 is 0 Å². The van der Waals surface area contributed by atoms with E-state index in [2.05, 4.69) is 5.10 Å². The highest BCUT2D eigenvalue weighted by Gasteiger charge is 2.05. The number of benzene rings is 1. The van der Waals surface area contributed by atoms with Crippen LogP contribution in [0.4, 0.5) is 4.39 Å². The van der Waals surface area contributed by atoms with Crippen LogP contribution in [0.25, 0.3) is 5.69 Å². The maximum Gasteiger partial charge on any atom is 0.128 e. The van der Waals surface area contributed by atoms with Crippen molar-refractivity contribution in [3.05, 3.63) is 47.5 Å². The number of aryl methyl sites for hydroxylation is 1. The minimum Gasteiger partial charge on any atom is -0.236 e. The molecule has 0 saturated heterocycles. The van der Waals surface area contributed by atoms with Crippen LogP contribution < -0.4 is 0 Å². The van der Waals surface area contributed by atoms with Crippen molar-refractivity contribution in [2.24, 2.45) is 0 Å². The first-order valence-electron chi connectivity index (χ1n) is 4.58. The predicted octanol–water partition coefficient (Wildman–Crippen LogP) is 3.06. The van der Waals surface area contributed by atoms with Gasteiger partial charge in [-0.25, -0.2) is 9.07 Å². The molecule has 0 aliphatic heterocycles. The van der Waals surface area contributed by atoms with Crippen molar-refractivity contribution in [1.29, 1.82) is 0 Å². The van der Waals surface area contributed by atoms with Gasteiger partial charge in [0.1, 0.15) is 5.82 Å². The second-order valence-corrected chi connectivity index (χ2v) is 3.57. The summed E-state index contributed by atoms with van der Waals surface area (Å²) in [7, 11) is 0. The van der Waals surface area contributed by atoms with Crippen molar-refractivity contribution in [3.8, 4) is 5.69 Å². The largest absolute Gasteiger partial charge is 0.236 e. The van der Waals surface area contributed by atoms with Gasteiger partial charge in [-0.3, -0.25) is 0 Å². The third kappa shape index (κ3) is 1.88. The third-order valence-electron chi connectivity index (χ3n) is 2.26. The third-order valence-corrected chi connectivity index (χ3v) is 2.53. The van der Waals surface area contributed by atoms with Crippen LogP contribution in [0, 0.1) is 12.7 Å². The summed E-state index contributed by atoms with van der Waals surface area (Å²) in [4.78, 5) is 0. The second kappa shape index (κ2) is 4.03. The molecule has 4 heteroatoms. The highest BCUT2D eigenvalue weighted by Crippen LogP contribution is 2.15. The van der Waals surface area contributed by atoms with Crippen LogP contribution in [0.15, 0.2) is 30.5 Å². The molecule has 2 rings (SSSR count). The second-order valence-electron chi connectivity index (χ2n) is 3.30. The molecule has 1 aromatic carbocycles. The van der Waals surface area contributed by atoms with Crippen molar-refractivity contribution < 1.29 is 4.39 Å². The maximum absolute atomic E-state index is 13.3. The Kier molecular flexibility index (Phi) is 2.73. The lowest BCUT2D eigenvalue weighted by molar-refractivity contribution is 0.616. The van der Waals surface area contributed by atoms with Gasteiger partial charge in [-0.1, -0.05) is 6.07 Å². The van der Waals surface area contributed by atoms with Crippen LogP contribution in [-0.2, 0) is 5.88 Å². The summed E-state index contributed by atoms with van der Waals surface area (Å²) in [5, 5.41) is 4.09. The van der Waals surface area contributed by atoms with E-state index in [0.29, 0.717) is 17.1 Å². The molecule has 0 fully saturated rings. The predicted molar refractivity (Wildman–Crippen MR) is 57.8 cm³/mol. The summed E-state index contributed by atoms with van der Waals surface area (Å²) in [6, 6.07) is 6.81. The molecule has 0 saturated carbocycles. The SMILES string of the molecule is Cc1ccc(-n2nccc2CCl)cc1F. The van der Waals surface area contributed by atoms with Gasteiger partial charge in [-0.05, 0) is 30.7 Å². The molecule has 0 atom stereocenters. The van der Waals surface area contributed by atoms with E-state index in [1.807, 2.05) is 12.1 Å². The molecule has 0 unspecified atom stereocenters. The highest BCUT2D eigenvalue weighted by molar-refractivity contribution is 6.16. The minimum absolute atomic E-state index is 0.233. The van der Waals surface area contributed by atoms with Crippen molar-refractivity contribution in [3.63, 3.8) is 0 Å². The number of nitrogens with zero attached hydrogens (tertiary/aromatic N) is 2. The molecule has 0 amide bonds. The molecule has 0 aliphatic carbocycles. The molecule has 0 bridgehead atoms.